The van der Waals surface area contributed by atoms with Gasteiger partial charge in [0, 0.05) is 10.9 Å². The predicted molar refractivity (Wildman–Crippen MR) is 83.0 cm³/mol. The standard InChI is InChI=1S/C18H19NO/c1-12-8-9-14(13(2)10-12)18(19-3)16-11-20-17-7-5-4-6-15(16)17/h4-11,18-19H,1-3H3. The van der Waals surface area contributed by atoms with Crippen molar-refractivity contribution < 1.29 is 4.42 Å². The lowest BCUT2D eigenvalue weighted by atomic mass is 9.94. The summed E-state index contributed by atoms with van der Waals surface area (Å²) in [6.45, 7) is 4.29. The van der Waals surface area contributed by atoms with Crippen LogP contribution in [0.25, 0.3) is 11.0 Å². The molecule has 1 unspecified atom stereocenters. The smallest absolute Gasteiger partial charge is 0.134 e. The summed E-state index contributed by atoms with van der Waals surface area (Å²) in [6.07, 6.45) is 1.87. The number of rotatable bonds is 3. The zero-order chi connectivity index (χ0) is 14.1. The quantitative estimate of drug-likeness (QED) is 0.761. The van der Waals surface area contributed by atoms with Crippen molar-refractivity contribution in [1.29, 1.82) is 0 Å². The summed E-state index contributed by atoms with van der Waals surface area (Å²) < 4.78 is 5.68. The van der Waals surface area contributed by atoms with Crippen LogP contribution in [0, 0.1) is 13.8 Å². The lowest BCUT2D eigenvalue weighted by Gasteiger charge is -2.18. The summed E-state index contributed by atoms with van der Waals surface area (Å²) in [6, 6.07) is 14.9. The molecule has 0 saturated heterocycles. The van der Waals surface area contributed by atoms with Crippen molar-refractivity contribution in [2.75, 3.05) is 7.05 Å². The minimum Gasteiger partial charge on any atom is -0.464 e. The topological polar surface area (TPSA) is 25.2 Å². The molecule has 0 saturated carbocycles. The van der Waals surface area contributed by atoms with Crippen LogP contribution < -0.4 is 5.32 Å². The number of aryl methyl sites for hydroxylation is 2. The monoisotopic (exact) mass is 265 g/mol. The molecule has 1 atom stereocenters. The normalized spacial score (nSPS) is 12.8. The largest absolute Gasteiger partial charge is 0.464 e. The Morgan fingerprint density at radius 1 is 1.00 bits per heavy atom. The van der Waals surface area contributed by atoms with E-state index < -0.39 is 0 Å². The van der Waals surface area contributed by atoms with E-state index in [0.717, 1.165) is 5.58 Å². The molecule has 0 aliphatic carbocycles. The molecule has 1 heterocycles. The van der Waals surface area contributed by atoms with Crippen LogP contribution in [0.15, 0.2) is 53.1 Å². The zero-order valence-electron chi connectivity index (χ0n) is 12.1. The molecule has 102 valence electrons. The van der Waals surface area contributed by atoms with Gasteiger partial charge in [0.2, 0.25) is 0 Å². The van der Waals surface area contributed by atoms with Crippen LogP contribution in [0.2, 0.25) is 0 Å². The highest BCUT2D eigenvalue weighted by atomic mass is 16.3. The Labute approximate surface area is 119 Å². The third kappa shape index (κ3) is 2.12. The van der Waals surface area contributed by atoms with Crippen molar-refractivity contribution in [3.8, 4) is 0 Å². The summed E-state index contributed by atoms with van der Waals surface area (Å²) in [5.74, 6) is 0. The molecule has 0 fully saturated rings. The zero-order valence-corrected chi connectivity index (χ0v) is 12.1. The molecule has 0 amide bonds. The molecule has 3 aromatic rings. The van der Waals surface area contributed by atoms with Gasteiger partial charge in [0.1, 0.15) is 5.58 Å². The van der Waals surface area contributed by atoms with Crippen molar-refractivity contribution in [3.05, 3.63) is 71.0 Å². The van der Waals surface area contributed by atoms with Gasteiger partial charge in [-0.2, -0.15) is 0 Å². The SMILES string of the molecule is CNC(c1ccc(C)cc1C)c1coc2ccccc12. The highest BCUT2D eigenvalue weighted by Crippen LogP contribution is 2.31. The van der Waals surface area contributed by atoms with E-state index in [-0.39, 0.29) is 6.04 Å². The number of benzene rings is 2. The molecular weight excluding hydrogens is 246 g/mol. The van der Waals surface area contributed by atoms with E-state index >= 15 is 0 Å². The molecule has 0 radical (unpaired) electrons. The van der Waals surface area contributed by atoms with Crippen LogP contribution in [0.4, 0.5) is 0 Å². The van der Waals surface area contributed by atoms with Gasteiger partial charge < -0.3 is 9.73 Å². The van der Waals surface area contributed by atoms with Gasteiger partial charge in [0.15, 0.2) is 0 Å². The Hall–Kier alpha value is -2.06. The molecule has 1 aromatic heterocycles. The Morgan fingerprint density at radius 2 is 1.80 bits per heavy atom. The number of hydrogen-bond acceptors (Lipinski definition) is 2. The first-order chi connectivity index (χ1) is 9.70. The first kappa shape index (κ1) is 12.9. The average molecular weight is 265 g/mol. The molecule has 0 aliphatic rings. The van der Waals surface area contributed by atoms with E-state index in [1.165, 1.54) is 27.6 Å². The minimum absolute atomic E-state index is 0.152. The van der Waals surface area contributed by atoms with Crippen molar-refractivity contribution in [2.45, 2.75) is 19.9 Å². The Balaban J connectivity index is 2.14. The van der Waals surface area contributed by atoms with Crippen molar-refractivity contribution in [1.82, 2.24) is 5.32 Å². The minimum atomic E-state index is 0.152. The third-order valence-corrected chi connectivity index (χ3v) is 3.85. The summed E-state index contributed by atoms with van der Waals surface area (Å²) >= 11 is 0. The van der Waals surface area contributed by atoms with Crippen LogP contribution in [-0.2, 0) is 0 Å². The Morgan fingerprint density at radius 3 is 2.55 bits per heavy atom. The summed E-state index contributed by atoms with van der Waals surface area (Å²) in [5, 5.41) is 4.59. The van der Waals surface area contributed by atoms with Gasteiger partial charge in [0.05, 0.1) is 12.3 Å². The Kier molecular flexibility index (Phi) is 3.33. The van der Waals surface area contributed by atoms with Gasteiger partial charge in [-0.05, 0) is 38.1 Å². The first-order valence-electron chi connectivity index (χ1n) is 6.91. The second-order valence-electron chi connectivity index (χ2n) is 5.27. The van der Waals surface area contributed by atoms with Gasteiger partial charge in [0.25, 0.3) is 0 Å². The number of fused-ring (bicyclic) bond motifs is 1. The van der Waals surface area contributed by atoms with Crippen molar-refractivity contribution in [3.63, 3.8) is 0 Å². The van der Waals surface area contributed by atoms with E-state index in [4.69, 9.17) is 4.42 Å². The van der Waals surface area contributed by atoms with Crippen molar-refractivity contribution >= 4 is 11.0 Å². The van der Waals surface area contributed by atoms with E-state index in [1.54, 1.807) is 0 Å². The lowest BCUT2D eigenvalue weighted by Crippen LogP contribution is -2.18. The summed E-state index contributed by atoms with van der Waals surface area (Å²) in [5.41, 5.74) is 6.01. The van der Waals surface area contributed by atoms with E-state index in [1.807, 2.05) is 25.4 Å². The fourth-order valence-corrected chi connectivity index (χ4v) is 2.85. The summed E-state index contributed by atoms with van der Waals surface area (Å²) in [7, 11) is 1.99. The molecule has 20 heavy (non-hydrogen) atoms. The van der Waals surface area contributed by atoms with Gasteiger partial charge in [-0.25, -0.2) is 0 Å². The molecule has 1 N–H and O–H groups in total. The van der Waals surface area contributed by atoms with Crippen LogP contribution in [-0.4, -0.2) is 7.05 Å². The van der Waals surface area contributed by atoms with Crippen LogP contribution in [0.1, 0.15) is 28.3 Å². The summed E-state index contributed by atoms with van der Waals surface area (Å²) in [4.78, 5) is 0. The molecule has 2 nitrogen and oxygen atoms in total. The van der Waals surface area contributed by atoms with E-state index in [0.29, 0.717) is 0 Å². The van der Waals surface area contributed by atoms with Crippen LogP contribution in [0.5, 0.6) is 0 Å². The molecular formula is C18H19NO. The highest BCUT2D eigenvalue weighted by molar-refractivity contribution is 5.82. The number of furan rings is 1. The first-order valence-corrected chi connectivity index (χ1v) is 6.91. The number of para-hydroxylation sites is 1. The fourth-order valence-electron chi connectivity index (χ4n) is 2.85. The second-order valence-corrected chi connectivity index (χ2v) is 5.27. The van der Waals surface area contributed by atoms with Crippen LogP contribution >= 0.6 is 0 Å². The number of nitrogens with one attached hydrogen (secondary N) is 1. The fraction of sp³-hybridized carbons (Fsp3) is 0.222. The van der Waals surface area contributed by atoms with Crippen LogP contribution in [0.3, 0.4) is 0 Å². The average Bonchev–Trinajstić information content (AvgIpc) is 2.86. The lowest BCUT2D eigenvalue weighted by molar-refractivity contribution is 0.596. The highest BCUT2D eigenvalue weighted by Gasteiger charge is 2.18. The maximum Gasteiger partial charge on any atom is 0.134 e. The van der Waals surface area contributed by atoms with Gasteiger partial charge in [-0.3, -0.25) is 0 Å². The van der Waals surface area contributed by atoms with Gasteiger partial charge >= 0.3 is 0 Å². The van der Waals surface area contributed by atoms with Gasteiger partial charge in [-0.15, -0.1) is 0 Å². The van der Waals surface area contributed by atoms with E-state index in [9.17, 15) is 0 Å². The third-order valence-electron chi connectivity index (χ3n) is 3.85. The molecule has 2 heteroatoms. The van der Waals surface area contributed by atoms with Gasteiger partial charge in [-0.1, -0.05) is 42.0 Å². The molecule has 0 spiro atoms. The molecule has 0 bridgehead atoms. The second kappa shape index (κ2) is 5.14. The van der Waals surface area contributed by atoms with E-state index in [2.05, 4.69) is 49.5 Å². The molecule has 0 aliphatic heterocycles. The maximum absolute atomic E-state index is 5.68. The maximum atomic E-state index is 5.68. The Bertz CT molecular complexity index is 742. The number of hydrogen-bond donors (Lipinski definition) is 1. The molecule has 3 rings (SSSR count). The van der Waals surface area contributed by atoms with Crippen molar-refractivity contribution in [2.24, 2.45) is 0 Å². The predicted octanol–water partition coefficient (Wildman–Crippen LogP) is 4.36. The molecule has 2 aromatic carbocycles.